The van der Waals surface area contributed by atoms with Crippen LogP contribution in [-0.2, 0) is 0 Å². The van der Waals surface area contributed by atoms with Gasteiger partial charge < -0.3 is 0 Å². The fraction of sp³-hybridized carbons (Fsp3) is 0. The van der Waals surface area contributed by atoms with Crippen LogP contribution in [0, 0.1) is 0 Å². The van der Waals surface area contributed by atoms with Crippen LogP contribution in [0.5, 0.6) is 0 Å². The molecule has 1 nitrogen and oxygen atoms in total. The monoisotopic (exact) mass is 258 g/mol. The van der Waals surface area contributed by atoms with Crippen LogP contribution >= 0.6 is 0 Å². The molecule has 1 heteroatoms. The van der Waals surface area contributed by atoms with Crippen LogP contribution in [0.2, 0.25) is 0 Å². The minimum absolute atomic E-state index is 0.801. The Labute approximate surface area is 119 Å². The summed E-state index contributed by atoms with van der Waals surface area (Å²) in [5, 5.41) is 6.18. The first-order valence-corrected chi connectivity index (χ1v) is 6.69. The number of allylic oxidation sites excluding steroid dienone is 5. The van der Waals surface area contributed by atoms with Gasteiger partial charge in [0.25, 0.3) is 0 Å². The van der Waals surface area contributed by atoms with E-state index in [4.69, 9.17) is 5.41 Å². The molecule has 20 heavy (non-hydrogen) atoms. The molecule has 0 bridgehead atoms. The maximum Gasteiger partial charge on any atom is 0.204 e. The summed E-state index contributed by atoms with van der Waals surface area (Å²) < 4.78 is 0. The molecular formula is C19H16N+. The summed E-state index contributed by atoms with van der Waals surface area (Å²) in [6.07, 6.45) is 8.01. The summed E-state index contributed by atoms with van der Waals surface area (Å²) >= 11 is 0. The molecule has 2 aromatic carbocycles. The fourth-order valence-electron chi connectivity index (χ4n) is 2.41. The van der Waals surface area contributed by atoms with Crippen molar-refractivity contribution in [3.63, 3.8) is 0 Å². The first-order valence-electron chi connectivity index (χ1n) is 6.69. The first-order chi connectivity index (χ1) is 9.86. The van der Waals surface area contributed by atoms with Gasteiger partial charge in [0, 0.05) is 11.6 Å². The SMILES string of the molecule is [NH2+]=C1C=CC=CC1=C(c1ccccc1)c1ccccc1. The van der Waals surface area contributed by atoms with E-state index in [9.17, 15) is 0 Å². The second-order valence-corrected chi connectivity index (χ2v) is 4.69. The molecule has 0 amide bonds. The van der Waals surface area contributed by atoms with E-state index in [1.54, 1.807) is 0 Å². The predicted molar refractivity (Wildman–Crippen MR) is 84.1 cm³/mol. The second kappa shape index (κ2) is 5.54. The third-order valence-electron chi connectivity index (χ3n) is 3.36. The zero-order valence-electron chi connectivity index (χ0n) is 11.2. The lowest BCUT2D eigenvalue weighted by molar-refractivity contribution is -0.111. The molecule has 0 spiro atoms. The zero-order valence-corrected chi connectivity index (χ0v) is 11.2. The summed E-state index contributed by atoms with van der Waals surface area (Å²) in [4.78, 5) is 0. The molecule has 0 saturated carbocycles. The number of rotatable bonds is 2. The van der Waals surface area contributed by atoms with Gasteiger partial charge in [-0.1, -0.05) is 72.8 Å². The Morgan fingerprint density at radius 1 is 0.650 bits per heavy atom. The van der Waals surface area contributed by atoms with E-state index in [2.05, 4.69) is 54.6 Å². The number of hydrogen-bond donors (Lipinski definition) is 1. The van der Waals surface area contributed by atoms with Gasteiger partial charge in [-0.25, -0.2) is 0 Å². The van der Waals surface area contributed by atoms with Crippen LogP contribution in [-0.4, -0.2) is 5.71 Å². The van der Waals surface area contributed by atoms with Crippen molar-refractivity contribution in [2.45, 2.75) is 0 Å². The number of benzene rings is 2. The molecule has 1 aliphatic carbocycles. The van der Waals surface area contributed by atoms with Crippen LogP contribution in [0.15, 0.2) is 90.5 Å². The van der Waals surface area contributed by atoms with Gasteiger partial charge >= 0.3 is 0 Å². The Morgan fingerprint density at radius 3 is 1.65 bits per heavy atom. The summed E-state index contributed by atoms with van der Waals surface area (Å²) in [6, 6.07) is 20.7. The van der Waals surface area contributed by atoms with E-state index < -0.39 is 0 Å². The highest BCUT2D eigenvalue weighted by atomic mass is 14.4. The Bertz CT molecular complexity index is 662. The molecule has 0 aromatic heterocycles. The van der Waals surface area contributed by atoms with E-state index in [0.717, 1.165) is 11.3 Å². The molecule has 0 heterocycles. The molecule has 2 N–H and O–H groups in total. The van der Waals surface area contributed by atoms with Crippen molar-refractivity contribution in [3.8, 4) is 0 Å². The lowest BCUT2D eigenvalue weighted by Crippen LogP contribution is -2.40. The first kappa shape index (κ1) is 12.4. The minimum Gasteiger partial charge on any atom is -0.254 e. The lowest BCUT2D eigenvalue weighted by Gasteiger charge is -2.13. The molecule has 2 aromatic rings. The summed E-state index contributed by atoms with van der Waals surface area (Å²) in [5.41, 5.74) is 5.40. The highest BCUT2D eigenvalue weighted by Gasteiger charge is 2.16. The van der Waals surface area contributed by atoms with Crippen molar-refractivity contribution in [3.05, 3.63) is 102 Å². The number of nitrogens with two attached hydrogens (primary N) is 1. The van der Waals surface area contributed by atoms with Gasteiger partial charge in [0.05, 0.1) is 5.57 Å². The van der Waals surface area contributed by atoms with E-state index in [1.165, 1.54) is 16.7 Å². The Kier molecular flexibility index (Phi) is 3.42. The summed E-state index contributed by atoms with van der Waals surface area (Å²) in [5.74, 6) is 0. The highest BCUT2D eigenvalue weighted by Crippen LogP contribution is 2.28. The Hall–Kier alpha value is -2.67. The number of hydrogen-bond acceptors (Lipinski definition) is 0. The molecule has 0 unspecified atom stereocenters. The molecule has 0 radical (unpaired) electrons. The molecule has 0 fully saturated rings. The fourth-order valence-corrected chi connectivity index (χ4v) is 2.41. The van der Waals surface area contributed by atoms with Crippen molar-refractivity contribution >= 4 is 11.3 Å². The summed E-state index contributed by atoms with van der Waals surface area (Å²) in [6.45, 7) is 0. The van der Waals surface area contributed by atoms with Crippen molar-refractivity contribution in [1.82, 2.24) is 0 Å². The van der Waals surface area contributed by atoms with Crippen molar-refractivity contribution in [2.75, 3.05) is 0 Å². The summed E-state index contributed by atoms with van der Waals surface area (Å²) in [7, 11) is 0. The van der Waals surface area contributed by atoms with Crippen LogP contribution < -0.4 is 5.41 Å². The van der Waals surface area contributed by atoms with Crippen LogP contribution in [0.1, 0.15) is 11.1 Å². The smallest absolute Gasteiger partial charge is 0.204 e. The van der Waals surface area contributed by atoms with Gasteiger partial charge in [0.2, 0.25) is 5.71 Å². The van der Waals surface area contributed by atoms with Crippen LogP contribution in [0.3, 0.4) is 0 Å². The van der Waals surface area contributed by atoms with Crippen LogP contribution in [0.4, 0.5) is 0 Å². The van der Waals surface area contributed by atoms with Gasteiger partial charge in [-0.15, -0.1) is 0 Å². The van der Waals surface area contributed by atoms with Gasteiger partial charge in [-0.05, 0) is 17.2 Å². The molecule has 0 atom stereocenters. The average Bonchev–Trinajstić information content (AvgIpc) is 2.52. The lowest BCUT2D eigenvalue weighted by atomic mass is 9.89. The topological polar surface area (TPSA) is 25.6 Å². The zero-order chi connectivity index (χ0) is 13.8. The van der Waals surface area contributed by atoms with Gasteiger partial charge in [0.15, 0.2) is 0 Å². The second-order valence-electron chi connectivity index (χ2n) is 4.69. The molecule has 0 saturated heterocycles. The van der Waals surface area contributed by atoms with Crippen molar-refractivity contribution < 1.29 is 5.41 Å². The quantitative estimate of drug-likeness (QED) is 0.857. The van der Waals surface area contributed by atoms with Gasteiger partial charge in [0.1, 0.15) is 0 Å². The third kappa shape index (κ3) is 2.39. The molecule has 0 aliphatic heterocycles. The highest BCUT2D eigenvalue weighted by molar-refractivity contribution is 6.14. The normalized spacial score (nSPS) is 13.6. The molecular weight excluding hydrogens is 242 g/mol. The average molecular weight is 258 g/mol. The Balaban J connectivity index is 2.25. The minimum atomic E-state index is 0.801. The maximum atomic E-state index is 6.18. The van der Waals surface area contributed by atoms with Crippen molar-refractivity contribution in [1.29, 1.82) is 0 Å². The van der Waals surface area contributed by atoms with E-state index in [0.29, 0.717) is 0 Å². The predicted octanol–water partition coefficient (Wildman–Crippen LogP) is 2.81. The van der Waals surface area contributed by atoms with Crippen LogP contribution in [0.25, 0.3) is 5.57 Å². The van der Waals surface area contributed by atoms with E-state index >= 15 is 0 Å². The van der Waals surface area contributed by atoms with Crippen molar-refractivity contribution in [2.24, 2.45) is 0 Å². The van der Waals surface area contributed by atoms with Gasteiger partial charge in [-0.3, -0.25) is 5.41 Å². The molecule has 1 aliphatic rings. The van der Waals surface area contributed by atoms with Gasteiger partial charge in [-0.2, -0.15) is 0 Å². The Morgan fingerprint density at radius 2 is 1.15 bits per heavy atom. The van der Waals surface area contributed by atoms with E-state index in [1.807, 2.05) is 30.4 Å². The molecule has 96 valence electrons. The van der Waals surface area contributed by atoms with E-state index in [-0.39, 0.29) is 0 Å². The molecule has 3 rings (SSSR count). The third-order valence-corrected chi connectivity index (χ3v) is 3.36. The standard InChI is InChI=1S/C19H15N/c20-18-14-8-7-13-17(18)19(15-9-3-1-4-10-15)16-11-5-2-6-12-16/h1-14,20H/p+1. The maximum absolute atomic E-state index is 6.18. The largest absolute Gasteiger partial charge is 0.254 e.